The second-order valence-electron chi connectivity index (χ2n) is 8.69. The number of amides is 2. The summed E-state index contributed by atoms with van der Waals surface area (Å²) in [6.07, 6.45) is 18.7. The fraction of sp³-hybridized carbons (Fsp3) is 0.880. The zero-order valence-electron chi connectivity index (χ0n) is 20.2. The summed E-state index contributed by atoms with van der Waals surface area (Å²) in [5, 5.41) is 14.6. The van der Waals surface area contributed by atoms with Crippen molar-refractivity contribution in [3.8, 4) is 0 Å². The maximum atomic E-state index is 12.0. The van der Waals surface area contributed by atoms with Crippen molar-refractivity contribution in [2.45, 2.75) is 135 Å². The SMILES string of the molecule is CCCCCCCCCCCCCCCC(=O)NC(CCC(=O)NCCCC)C(=O)O. The summed E-state index contributed by atoms with van der Waals surface area (Å²) in [6, 6.07) is -0.994. The Morgan fingerprint density at radius 1 is 0.645 bits per heavy atom. The van der Waals surface area contributed by atoms with Crippen LogP contribution in [0.2, 0.25) is 0 Å². The molecule has 0 aliphatic carbocycles. The molecule has 0 saturated carbocycles. The second-order valence-corrected chi connectivity index (χ2v) is 8.69. The average Bonchev–Trinajstić information content (AvgIpc) is 2.74. The van der Waals surface area contributed by atoms with Crippen LogP contribution in [0.5, 0.6) is 0 Å². The molecule has 0 aliphatic rings. The molecule has 3 N–H and O–H groups in total. The van der Waals surface area contributed by atoms with Gasteiger partial charge >= 0.3 is 5.97 Å². The zero-order chi connectivity index (χ0) is 23.2. The van der Waals surface area contributed by atoms with Gasteiger partial charge in [-0.25, -0.2) is 4.79 Å². The maximum Gasteiger partial charge on any atom is 0.326 e. The second kappa shape index (κ2) is 21.6. The Hall–Kier alpha value is -1.59. The lowest BCUT2D eigenvalue weighted by Gasteiger charge is -2.14. The Kier molecular flexibility index (Phi) is 20.5. The zero-order valence-corrected chi connectivity index (χ0v) is 20.2. The van der Waals surface area contributed by atoms with Crippen molar-refractivity contribution in [2.75, 3.05) is 6.54 Å². The summed E-state index contributed by atoms with van der Waals surface area (Å²) in [6.45, 7) is 4.90. The largest absolute Gasteiger partial charge is 0.480 e. The number of rotatable bonds is 22. The van der Waals surface area contributed by atoms with Gasteiger partial charge in [-0.15, -0.1) is 0 Å². The van der Waals surface area contributed by atoms with E-state index in [2.05, 4.69) is 17.6 Å². The summed E-state index contributed by atoms with van der Waals surface area (Å²) in [5.41, 5.74) is 0. The van der Waals surface area contributed by atoms with Gasteiger partial charge in [-0.1, -0.05) is 97.3 Å². The molecule has 0 aliphatic heterocycles. The molecule has 1 unspecified atom stereocenters. The fourth-order valence-corrected chi connectivity index (χ4v) is 3.60. The summed E-state index contributed by atoms with van der Waals surface area (Å²) in [5.74, 6) is -1.48. The van der Waals surface area contributed by atoms with Crippen LogP contribution in [0.3, 0.4) is 0 Å². The van der Waals surface area contributed by atoms with E-state index >= 15 is 0 Å². The van der Waals surface area contributed by atoms with Gasteiger partial charge in [0.25, 0.3) is 0 Å². The molecular weight excluding hydrogens is 392 g/mol. The first-order chi connectivity index (χ1) is 15.0. The van der Waals surface area contributed by atoms with Gasteiger partial charge in [0.2, 0.25) is 11.8 Å². The van der Waals surface area contributed by atoms with Crippen LogP contribution in [0.4, 0.5) is 0 Å². The van der Waals surface area contributed by atoms with E-state index in [1.165, 1.54) is 64.2 Å². The van der Waals surface area contributed by atoms with Gasteiger partial charge in [0.15, 0.2) is 0 Å². The molecular formula is C25H48N2O4. The van der Waals surface area contributed by atoms with Gasteiger partial charge in [0.1, 0.15) is 6.04 Å². The monoisotopic (exact) mass is 440 g/mol. The van der Waals surface area contributed by atoms with Crippen LogP contribution in [-0.2, 0) is 14.4 Å². The lowest BCUT2D eigenvalue weighted by atomic mass is 10.0. The maximum absolute atomic E-state index is 12.0. The van der Waals surface area contributed by atoms with Crippen molar-refractivity contribution in [3.63, 3.8) is 0 Å². The molecule has 0 saturated heterocycles. The Morgan fingerprint density at radius 2 is 1.13 bits per heavy atom. The first-order valence-electron chi connectivity index (χ1n) is 12.8. The van der Waals surface area contributed by atoms with Crippen molar-refractivity contribution >= 4 is 17.8 Å². The van der Waals surface area contributed by atoms with E-state index in [0.29, 0.717) is 13.0 Å². The molecule has 0 aromatic heterocycles. The molecule has 182 valence electrons. The van der Waals surface area contributed by atoms with E-state index in [1.807, 2.05) is 6.92 Å². The molecule has 31 heavy (non-hydrogen) atoms. The summed E-state index contributed by atoms with van der Waals surface area (Å²) in [4.78, 5) is 35.1. The highest BCUT2D eigenvalue weighted by Gasteiger charge is 2.20. The van der Waals surface area contributed by atoms with E-state index in [9.17, 15) is 19.5 Å². The van der Waals surface area contributed by atoms with Crippen molar-refractivity contribution in [2.24, 2.45) is 0 Å². The highest BCUT2D eigenvalue weighted by Crippen LogP contribution is 2.13. The molecule has 0 aromatic carbocycles. The van der Waals surface area contributed by atoms with E-state index < -0.39 is 12.0 Å². The van der Waals surface area contributed by atoms with E-state index in [4.69, 9.17) is 0 Å². The minimum absolute atomic E-state index is 0.111. The minimum Gasteiger partial charge on any atom is -0.480 e. The molecule has 0 fully saturated rings. The third-order valence-electron chi connectivity index (χ3n) is 5.65. The van der Waals surface area contributed by atoms with Crippen molar-refractivity contribution in [1.29, 1.82) is 0 Å². The smallest absolute Gasteiger partial charge is 0.326 e. The van der Waals surface area contributed by atoms with Crippen molar-refractivity contribution in [1.82, 2.24) is 10.6 Å². The number of aliphatic carboxylic acids is 1. The molecule has 0 spiro atoms. The molecule has 2 amide bonds. The van der Waals surface area contributed by atoms with Gasteiger partial charge in [-0.3, -0.25) is 9.59 Å². The Labute approximate surface area is 190 Å². The lowest BCUT2D eigenvalue weighted by molar-refractivity contribution is -0.142. The average molecular weight is 441 g/mol. The van der Waals surface area contributed by atoms with Crippen molar-refractivity contribution in [3.05, 3.63) is 0 Å². The Morgan fingerprint density at radius 3 is 1.61 bits per heavy atom. The minimum atomic E-state index is -1.08. The quantitative estimate of drug-likeness (QED) is 0.187. The van der Waals surface area contributed by atoms with Crippen LogP contribution >= 0.6 is 0 Å². The first-order valence-corrected chi connectivity index (χ1v) is 12.8. The van der Waals surface area contributed by atoms with Crippen molar-refractivity contribution < 1.29 is 19.5 Å². The van der Waals surface area contributed by atoms with Crippen LogP contribution in [0.15, 0.2) is 0 Å². The third kappa shape index (κ3) is 20.1. The molecule has 6 heteroatoms. The normalized spacial score (nSPS) is 11.8. The topological polar surface area (TPSA) is 95.5 Å². The number of hydrogen-bond acceptors (Lipinski definition) is 3. The van der Waals surface area contributed by atoms with Crippen LogP contribution in [-0.4, -0.2) is 35.5 Å². The van der Waals surface area contributed by atoms with Gasteiger partial charge in [0, 0.05) is 19.4 Å². The molecule has 6 nitrogen and oxygen atoms in total. The number of carboxylic acids is 1. The number of unbranched alkanes of at least 4 members (excludes halogenated alkanes) is 13. The lowest BCUT2D eigenvalue weighted by Crippen LogP contribution is -2.41. The van der Waals surface area contributed by atoms with Crippen LogP contribution in [0.1, 0.15) is 129 Å². The van der Waals surface area contributed by atoms with Crippen LogP contribution in [0, 0.1) is 0 Å². The fourth-order valence-electron chi connectivity index (χ4n) is 3.60. The molecule has 0 bridgehead atoms. The predicted octanol–water partition coefficient (Wildman–Crippen LogP) is 5.73. The molecule has 0 rings (SSSR count). The number of carboxylic acid groups (broad SMARTS) is 1. The van der Waals surface area contributed by atoms with E-state index in [-0.39, 0.29) is 24.7 Å². The number of nitrogens with one attached hydrogen (secondary N) is 2. The van der Waals surface area contributed by atoms with Crippen LogP contribution in [0.25, 0.3) is 0 Å². The number of carbonyl (C=O) groups is 3. The summed E-state index contributed by atoms with van der Waals surface area (Å²) < 4.78 is 0. The van der Waals surface area contributed by atoms with E-state index in [0.717, 1.165) is 32.1 Å². The van der Waals surface area contributed by atoms with Gasteiger partial charge in [-0.2, -0.15) is 0 Å². The van der Waals surface area contributed by atoms with E-state index in [1.54, 1.807) is 0 Å². The number of carbonyl (C=O) groups excluding carboxylic acids is 2. The summed E-state index contributed by atoms with van der Waals surface area (Å²) in [7, 11) is 0. The Balaban J connectivity index is 3.68. The van der Waals surface area contributed by atoms with Crippen LogP contribution < -0.4 is 10.6 Å². The Bertz CT molecular complexity index is 468. The molecule has 1 atom stereocenters. The predicted molar refractivity (Wildman–Crippen MR) is 127 cm³/mol. The molecule has 0 heterocycles. The first kappa shape index (κ1) is 29.4. The molecule has 0 aromatic rings. The molecule has 0 radical (unpaired) electrons. The van der Waals surface area contributed by atoms with Gasteiger partial charge in [-0.05, 0) is 19.3 Å². The highest BCUT2D eigenvalue weighted by atomic mass is 16.4. The third-order valence-corrected chi connectivity index (χ3v) is 5.65. The summed E-state index contributed by atoms with van der Waals surface area (Å²) >= 11 is 0. The van der Waals surface area contributed by atoms with Gasteiger partial charge in [0.05, 0.1) is 0 Å². The van der Waals surface area contributed by atoms with Gasteiger partial charge < -0.3 is 15.7 Å². The number of hydrogen-bond donors (Lipinski definition) is 3. The standard InChI is InChI=1S/C25H48N2O4/c1-3-5-7-8-9-10-11-12-13-14-15-16-17-18-24(29)27-22(25(30)31)19-20-23(28)26-21-6-4-2/h22H,3-21H2,1-2H3,(H,26,28)(H,27,29)(H,30,31). The highest BCUT2D eigenvalue weighted by molar-refractivity contribution is 5.84.